The molecule has 2 atom stereocenters. The van der Waals surface area contributed by atoms with E-state index in [-0.39, 0.29) is 5.54 Å². The third-order valence-electron chi connectivity index (χ3n) is 4.42. The monoisotopic (exact) mass is 289 g/mol. The Balaban J connectivity index is 2.08. The first-order valence-electron chi connectivity index (χ1n) is 8.24. The van der Waals surface area contributed by atoms with E-state index in [0.717, 1.165) is 30.5 Å². The SMILES string of the molecule is Cc1nc(N2CCC(C)CC2C)ccc1CNC(C)(C)C. The highest BCUT2D eigenvalue weighted by atomic mass is 15.2. The molecule has 0 aromatic carbocycles. The van der Waals surface area contributed by atoms with Crippen LogP contribution in [-0.4, -0.2) is 23.1 Å². The molecule has 1 fully saturated rings. The van der Waals surface area contributed by atoms with Gasteiger partial charge in [0.2, 0.25) is 0 Å². The van der Waals surface area contributed by atoms with Gasteiger partial charge in [-0.05, 0) is 65.0 Å². The maximum absolute atomic E-state index is 4.86. The van der Waals surface area contributed by atoms with E-state index in [4.69, 9.17) is 4.98 Å². The van der Waals surface area contributed by atoms with Crippen LogP contribution in [0.1, 0.15) is 58.7 Å². The number of hydrogen-bond donors (Lipinski definition) is 1. The molecule has 0 radical (unpaired) electrons. The number of anilines is 1. The van der Waals surface area contributed by atoms with Crippen LogP contribution in [-0.2, 0) is 6.54 Å². The summed E-state index contributed by atoms with van der Waals surface area (Å²) in [4.78, 5) is 7.33. The van der Waals surface area contributed by atoms with Crippen LogP contribution < -0.4 is 10.2 Å². The molecule has 1 aliphatic rings. The van der Waals surface area contributed by atoms with Crippen molar-refractivity contribution in [3.63, 3.8) is 0 Å². The minimum atomic E-state index is 0.142. The molecule has 1 aliphatic heterocycles. The largest absolute Gasteiger partial charge is 0.354 e. The van der Waals surface area contributed by atoms with Gasteiger partial charge in [-0.25, -0.2) is 4.98 Å². The number of aryl methyl sites for hydroxylation is 1. The van der Waals surface area contributed by atoms with Gasteiger partial charge in [-0.1, -0.05) is 13.0 Å². The summed E-state index contributed by atoms with van der Waals surface area (Å²) in [6.45, 7) is 15.4. The Hall–Kier alpha value is -1.09. The Labute approximate surface area is 130 Å². The fourth-order valence-corrected chi connectivity index (χ4v) is 3.03. The van der Waals surface area contributed by atoms with Gasteiger partial charge in [-0.2, -0.15) is 0 Å². The van der Waals surface area contributed by atoms with Gasteiger partial charge >= 0.3 is 0 Å². The quantitative estimate of drug-likeness (QED) is 0.914. The fourth-order valence-electron chi connectivity index (χ4n) is 3.03. The molecule has 2 rings (SSSR count). The third kappa shape index (κ3) is 4.44. The first-order chi connectivity index (χ1) is 9.76. The van der Waals surface area contributed by atoms with Crippen LogP contribution in [0.25, 0.3) is 0 Å². The highest BCUT2D eigenvalue weighted by Gasteiger charge is 2.24. The lowest BCUT2D eigenvalue weighted by Crippen LogP contribution is -2.40. The smallest absolute Gasteiger partial charge is 0.129 e. The summed E-state index contributed by atoms with van der Waals surface area (Å²) in [5, 5.41) is 3.54. The van der Waals surface area contributed by atoms with E-state index in [1.54, 1.807) is 0 Å². The molecule has 118 valence electrons. The summed E-state index contributed by atoms with van der Waals surface area (Å²) < 4.78 is 0. The topological polar surface area (TPSA) is 28.2 Å². The summed E-state index contributed by atoms with van der Waals surface area (Å²) in [7, 11) is 0. The van der Waals surface area contributed by atoms with E-state index in [0.29, 0.717) is 6.04 Å². The number of rotatable bonds is 3. The minimum Gasteiger partial charge on any atom is -0.354 e. The lowest BCUT2D eigenvalue weighted by Gasteiger charge is -2.37. The lowest BCUT2D eigenvalue weighted by molar-refractivity contribution is 0.376. The molecule has 0 spiro atoms. The molecule has 3 nitrogen and oxygen atoms in total. The highest BCUT2D eigenvalue weighted by Crippen LogP contribution is 2.27. The third-order valence-corrected chi connectivity index (χ3v) is 4.42. The van der Waals surface area contributed by atoms with Gasteiger partial charge in [0, 0.05) is 30.4 Å². The molecular weight excluding hydrogens is 258 g/mol. The fraction of sp³-hybridized carbons (Fsp3) is 0.722. The molecule has 1 aromatic heterocycles. The number of pyridine rings is 1. The molecule has 1 saturated heterocycles. The van der Waals surface area contributed by atoms with Crippen molar-refractivity contribution in [1.82, 2.24) is 10.3 Å². The molecule has 1 N–H and O–H groups in total. The van der Waals surface area contributed by atoms with Gasteiger partial charge in [0.05, 0.1) is 0 Å². The van der Waals surface area contributed by atoms with E-state index in [1.165, 1.54) is 18.4 Å². The van der Waals surface area contributed by atoms with E-state index in [9.17, 15) is 0 Å². The number of nitrogens with zero attached hydrogens (tertiary/aromatic N) is 2. The van der Waals surface area contributed by atoms with Crippen molar-refractivity contribution in [3.05, 3.63) is 23.4 Å². The van der Waals surface area contributed by atoms with Crippen molar-refractivity contribution in [2.75, 3.05) is 11.4 Å². The standard InChI is InChI=1S/C18H31N3/c1-13-9-10-21(14(2)11-13)17-8-7-16(15(3)20-17)12-19-18(4,5)6/h7-8,13-14,19H,9-12H2,1-6H3. The number of nitrogens with one attached hydrogen (secondary N) is 1. The molecular formula is C18H31N3. The molecule has 21 heavy (non-hydrogen) atoms. The molecule has 1 aromatic rings. The number of piperidine rings is 1. The Bertz CT molecular complexity index is 476. The summed E-state index contributed by atoms with van der Waals surface area (Å²) in [6.07, 6.45) is 2.55. The molecule has 2 unspecified atom stereocenters. The van der Waals surface area contributed by atoms with Crippen LogP contribution in [0.5, 0.6) is 0 Å². The maximum Gasteiger partial charge on any atom is 0.129 e. The van der Waals surface area contributed by atoms with E-state index in [1.807, 2.05) is 0 Å². The molecule has 2 heterocycles. The average molecular weight is 289 g/mol. The molecule has 0 saturated carbocycles. The molecule has 0 aliphatic carbocycles. The first-order valence-corrected chi connectivity index (χ1v) is 8.24. The van der Waals surface area contributed by atoms with Crippen molar-refractivity contribution in [2.24, 2.45) is 5.92 Å². The summed E-state index contributed by atoms with van der Waals surface area (Å²) >= 11 is 0. The van der Waals surface area contributed by atoms with Crippen molar-refractivity contribution in [1.29, 1.82) is 0 Å². The van der Waals surface area contributed by atoms with E-state index < -0.39 is 0 Å². The van der Waals surface area contributed by atoms with Crippen LogP contribution in [0.4, 0.5) is 5.82 Å². The van der Waals surface area contributed by atoms with Crippen molar-refractivity contribution in [2.45, 2.75) is 72.5 Å². The second-order valence-electron chi connectivity index (χ2n) is 7.69. The summed E-state index contributed by atoms with van der Waals surface area (Å²) in [6, 6.07) is 5.03. The predicted molar refractivity (Wildman–Crippen MR) is 90.8 cm³/mol. The zero-order valence-corrected chi connectivity index (χ0v) is 14.5. The van der Waals surface area contributed by atoms with Crippen LogP contribution in [0.2, 0.25) is 0 Å². The zero-order valence-electron chi connectivity index (χ0n) is 14.5. The van der Waals surface area contributed by atoms with Crippen molar-refractivity contribution in [3.8, 4) is 0 Å². The van der Waals surface area contributed by atoms with Crippen LogP contribution in [0, 0.1) is 12.8 Å². The number of hydrogen-bond acceptors (Lipinski definition) is 3. The Morgan fingerprint density at radius 2 is 2.00 bits per heavy atom. The average Bonchev–Trinajstić information content (AvgIpc) is 2.36. The first kappa shape index (κ1) is 16.3. The predicted octanol–water partition coefficient (Wildman–Crippen LogP) is 3.90. The van der Waals surface area contributed by atoms with E-state index >= 15 is 0 Å². The Morgan fingerprint density at radius 1 is 1.29 bits per heavy atom. The summed E-state index contributed by atoms with van der Waals surface area (Å²) in [5.74, 6) is 1.99. The maximum atomic E-state index is 4.86. The Kier molecular flexibility index (Phi) is 4.92. The van der Waals surface area contributed by atoms with Gasteiger partial charge < -0.3 is 10.2 Å². The minimum absolute atomic E-state index is 0.142. The molecule has 0 amide bonds. The van der Waals surface area contributed by atoms with Gasteiger partial charge in [0.1, 0.15) is 5.82 Å². The Morgan fingerprint density at radius 3 is 2.57 bits per heavy atom. The lowest BCUT2D eigenvalue weighted by atomic mass is 9.93. The summed E-state index contributed by atoms with van der Waals surface area (Å²) in [5.41, 5.74) is 2.59. The van der Waals surface area contributed by atoms with E-state index in [2.05, 4.69) is 63.9 Å². The second kappa shape index (κ2) is 6.35. The second-order valence-corrected chi connectivity index (χ2v) is 7.69. The van der Waals surface area contributed by atoms with Gasteiger partial charge in [-0.3, -0.25) is 0 Å². The highest BCUT2D eigenvalue weighted by molar-refractivity contribution is 5.43. The molecule has 0 bridgehead atoms. The van der Waals surface area contributed by atoms with Gasteiger partial charge in [-0.15, -0.1) is 0 Å². The van der Waals surface area contributed by atoms with Crippen LogP contribution in [0.3, 0.4) is 0 Å². The number of aromatic nitrogens is 1. The van der Waals surface area contributed by atoms with Crippen LogP contribution >= 0.6 is 0 Å². The molecule has 3 heteroatoms. The van der Waals surface area contributed by atoms with Crippen LogP contribution in [0.15, 0.2) is 12.1 Å². The zero-order chi connectivity index (χ0) is 15.6. The van der Waals surface area contributed by atoms with Crippen molar-refractivity contribution < 1.29 is 0 Å². The van der Waals surface area contributed by atoms with Crippen molar-refractivity contribution >= 4 is 5.82 Å². The van der Waals surface area contributed by atoms with Gasteiger partial charge in [0.25, 0.3) is 0 Å². The van der Waals surface area contributed by atoms with Gasteiger partial charge in [0.15, 0.2) is 0 Å². The normalized spacial score (nSPS) is 23.4.